The number of hydrogen-bond acceptors (Lipinski definition) is 2. The second-order valence-corrected chi connectivity index (χ2v) is 5.06. The zero-order valence-electron chi connectivity index (χ0n) is 10.3. The highest BCUT2D eigenvalue weighted by atomic mass is 35.5. The lowest BCUT2D eigenvalue weighted by molar-refractivity contribution is 0.510. The van der Waals surface area contributed by atoms with E-state index in [9.17, 15) is 13.6 Å². The molecule has 3 aromatic rings. The molecule has 0 fully saturated rings. The zero-order valence-corrected chi connectivity index (χ0v) is 11.8. The van der Waals surface area contributed by atoms with Crippen molar-refractivity contribution in [2.24, 2.45) is 0 Å². The Balaban J connectivity index is 2.39. The van der Waals surface area contributed by atoms with E-state index in [1.807, 2.05) is 0 Å². The number of nitrogens with zero attached hydrogens (tertiary/aromatic N) is 1. The maximum atomic E-state index is 14.0. The summed E-state index contributed by atoms with van der Waals surface area (Å²) in [5, 5.41) is -0.0457. The van der Waals surface area contributed by atoms with Gasteiger partial charge in [0.15, 0.2) is 11.6 Å². The summed E-state index contributed by atoms with van der Waals surface area (Å²) in [4.78, 5) is 18.5. The normalized spacial score (nSPS) is 11.0. The predicted octanol–water partition coefficient (Wildman–Crippen LogP) is 4.18. The van der Waals surface area contributed by atoms with Crippen molar-refractivity contribution in [1.29, 1.82) is 0 Å². The lowest BCUT2D eigenvalue weighted by Crippen LogP contribution is -2.10. The maximum Gasteiger partial charge on any atom is 0.259 e. The number of fused-ring (bicyclic) bond motifs is 1. The number of para-hydroxylation sites is 1. The van der Waals surface area contributed by atoms with Crippen LogP contribution in [0.4, 0.5) is 8.78 Å². The van der Waals surface area contributed by atoms with Crippen LogP contribution in [0.15, 0.2) is 35.1 Å². The molecule has 0 unspecified atom stereocenters. The molecular weight excluding hydrogens is 321 g/mol. The van der Waals surface area contributed by atoms with E-state index in [0.717, 1.165) is 6.07 Å². The van der Waals surface area contributed by atoms with Gasteiger partial charge in [-0.3, -0.25) is 4.79 Å². The number of hydrogen-bond donors (Lipinski definition) is 1. The predicted molar refractivity (Wildman–Crippen MR) is 77.7 cm³/mol. The smallest absolute Gasteiger partial charge is 0.259 e. The number of halogens is 4. The average Bonchev–Trinajstić information content (AvgIpc) is 2.46. The van der Waals surface area contributed by atoms with E-state index in [1.165, 1.54) is 0 Å². The van der Waals surface area contributed by atoms with E-state index >= 15 is 0 Å². The van der Waals surface area contributed by atoms with Crippen molar-refractivity contribution in [2.75, 3.05) is 0 Å². The Labute approximate surface area is 127 Å². The summed E-state index contributed by atoms with van der Waals surface area (Å²) in [6.45, 7) is 0. The lowest BCUT2D eigenvalue weighted by atomic mass is 10.1. The fourth-order valence-electron chi connectivity index (χ4n) is 1.99. The number of rotatable bonds is 1. The van der Waals surface area contributed by atoms with E-state index in [0.29, 0.717) is 10.9 Å². The molecular formula is C14H6Cl2F2N2O. The summed E-state index contributed by atoms with van der Waals surface area (Å²) in [6, 6.07) is 7.27. The molecule has 1 aromatic heterocycles. The molecule has 1 N–H and O–H groups in total. The third kappa shape index (κ3) is 2.28. The summed E-state index contributed by atoms with van der Waals surface area (Å²) >= 11 is 11.6. The number of benzene rings is 2. The van der Waals surface area contributed by atoms with E-state index in [4.69, 9.17) is 23.2 Å². The van der Waals surface area contributed by atoms with Crippen LogP contribution in [0.25, 0.3) is 22.3 Å². The molecule has 3 rings (SSSR count). The first-order valence-electron chi connectivity index (χ1n) is 5.81. The minimum Gasteiger partial charge on any atom is -0.306 e. The largest absolute Gasteiger partial charge is 0.306 e. The van der Waals surface area contributed by atoms with Crippen molar-refractivity contribution in [3.05, 3.63) is 62.4 Å². The van der Waals surface area contributed by atoms with Crippen molar-refractivity contribution in [1.82, 2.24) is 9.97 Å². The standard InChI is InChI=1S/C14H6Cl2F2N2O/c15-7-5-8(17)12(18)10(11(7)16)13-19-9-4-2-1-3-6(9)14(21)20-13/h1-5H,(H,19,20,21). The van der Waals surface area contributed by atoms with Crippen LogP contribution in [0.3, 0.4) is 0 Å². The van der Waals surface area contributed by atoms with E-state index in [-0.39, 0.29) is 21.4 Å². The molecule has 0 aliphatic heterocycles. The summed E-state index contributed by atoms with van der Waals surface area (Å²) in [5.74, 6) is -2.57. The van der Waals surface area contributed by atoms with Gasteiger partial charge in [-0.05, 0) is 18.2 Å². The third-order valence-electron chi connectivity index (χ3n) is 2.96. The molecule has 21 heavy (non-hydrogen) atoms. The Bertz CT molecular complexity index is 898. The first-order chi connectivity index (χ1) is 9.99. The quantitative estimate of drug-likeness (QED) is 0.682. The molecule has 0 bridgehead atoms. The SMILES string of the molecule is O=c1[nH]c(-c2c(F)c(F)cc(Cl)c2Cl)nc2ccccc12. The van der Waals surface area contributed by atoms with E-state index in [1.54, 1.807) is 24.3 Å². The highest BCUT2D eigenvalue weighted by molar-refractivity contribution is 6.43. The molecule has 1 heterocycles. The second-order valence-electron chi connectivity index (χ2n) is 4.27. The van der Waals surface area contributed by atoms with Gasteiger partial charge in [0.2, 0.25) is 0 Å². The fraction of sp³-hybridized carbons (Fsp3) is 0. The first kappa shape index (κ1) is 14.0. The van der Waals surface area contributed by atoms with Gasteiger partial charge in [-0.25, -0.2) is 13.8 Å². The van der Waals surface area contributed by atoms with Crippen molar-refractivity contribution >= 4 is 34.1 Å². The van der Waals surface area contributed by atoms with Crippen molar-refractivity contribution in [3.63, 3.8) is 0 Å². The molecule has 0 saturated heterocycles. The fourth-order valence-corrected chi connectivity index (χ4v) is 2.40. The topological polar surface area (TPSA) is 45.8 Å². The van der Waals surface area contributed by atoms with Crippen LogP contribution in [-0.4, -0.2) is 9.97 Å². The summed E-state index contributed by atoms with van der Waals surface area (Å²) < 4.78 is 27.5. The van der Waals surface area contributed by atoms with Crippen LogP contribution in [-0.2, 0) is 0 Å². The summed E-state index contributed by atoms with van der Waals surface area (Å²) in [5.41, 5.74) is -0.511. The van der Waals surface area contributed by atoms with Crippen LogP contribution < -0.4 is 5.56 Å². The highest BCUT2D eigenvalue weighted by Gasteiger charge is 2.20. The molecule has 2 aromatic carbocycles. The van der Waals surface area contributed by atoms with E-state index < -0.39 is 17.2 Å². The summed E-state index contributed by atoms with van der Waals surface area (Å²) in [7, 11) is 0. The Kier molecular flexibility index (Phi) is 3.39. The van der Waals surface area contributed by atoms with Crippen molar-refractivity contribution in [3.8, 4) is 11.4 Å². The van der Waals surface area contributed by atoms with E-state index in [2.05, 4.69) is 9.97 Å². The van der Waals surface area contributed by atoms with Crippen LogP contribution in [0.1, 0.15) is 0 Å². The van der Waals surface area contributed by atoms with Crippen LogP contribution in [0, 0.1) is 11.6 Å². The average molecular weight is 327 g/mol. The minimum atomic E-state index is -1.22. The molecule has 0 atom stereocenters. The monoisotopic (exact) mass is 326 g/mol. The van der Waals surface area contributed by atoms with Gasteiger partial charge in [0.25, 0.3) is 5.56 Å². The molecule has 0 saturated carbocycles. The maximum absolute atomic E-state index is 14.0. The Morgan fingerprint density at radius 1 is 1.14 bits per heavy atom. The van der Waals surface area contributed by atoms with Crippen molar-refractivity contribution in [2.45, 2.75) is 0 Å². The lowest BCUT2D eigenvalue weighted by Gasteiger charge is -2.08. The molecule has 0 aliphatic rings. The second kappa shape index (κ2) is 5.09. The van der Waals surface area contributed by atoms with Gasteiger partial charge in [0.05, 0.1) is 26.5 Å². The number of aromatic amines is 1. The van der Waals surface area contributed by atoms with Gasteiger partial charge < -0.3 is 4.98 Å². The first-order valence-corrected chi connectivity index (χ1v) is 6.57. The number of H-pyrrole nitrogens is 1. The van der Waals surface area contributed by atoms with Gasteiger partial charge in [-0.1, -0.05) is 35.3 Å². The molecule has 3 nitrogen and oxygen atoms in total. The molecule has 106 valence electrons. The highest BCUT2D eigenvalue weighted by Crippen LogP contribution is 2.35. The van der Waals surface area contributed by atoms with Gasteiger partial charge in [0.1, 0.15) is 5.82 Å². The van der Waals surface area contributed by atoms with Crippen molar-refractivity contribution < 1.29 is 8.78 Å². The van der Waals surface area contributed by atoms with Crippen LogP contribution >= 0.6 is 23.2 Å². The Morgan fingerprint density at radius 2 is 1.86 bits per heavy atom. The minimum absolute atomic E-state index is 0.165. The third-order valence-corrected chi connectivity index (χ3v) is 3.75. The molecule has 0 radical (unpaired) electrons. The molecule has 0 spiro atoms. The molecule has 0 aliphatic carbocycles. The Hall–Kier alpha value is -1.98. The van der Waals surface area contributed by atoms with Gasteiger partial charge >= 0.3 is 0 Å². The van der Waals surface area contributed by atoms with Crippen LogP contribution in [0.2, 0.25) is 10.0 Å². The van der Waals surface area contributed by atoms with Gasteiger partial charge in [-0.2, -0.15) is 0 Å². The summed E-state index contributed by atoms with van der Waals surface area (Å²) in [6.07, 6.45) is 0. The van der Waals surface area contributed by atoms with Crippen LogP contribution in [0.5, 0.6) is 0 Å². The molecule has 0 amide bonds. The van der Waals surface area contributed by atoms with Gasteiger partial charge in [0, 0.05) is 0 Å². The number of nitrogens with one attached hydrogen (secondary N) is 1. The number of aromatic nitrogens is 2. The van der Waals surface area contributed by atoms with Gasteiger partial charge in [-0.15, -0.1) is 0 Å². The Morgan fingerprint density at radius 3 is 2.62 bits per heavy atom. The molecule has 7 heteroatoms. The zero-order chi connectivity index (χ0) is 15.1.